The molecule has 0 unspecified atom stereocenters. The lowest BCUT2D eigenvalue weighted by Gasteiger charge is -2.04. The molecule has 0 saturated carbocycles. The van der Waals surface area contributed by atoms with Crippen LogP contribution in [0, 0.1) is 6.92 Å². The predicted molar refractivity (Wildman–Crippen MR) is 81.2 cm³/mol. The molecule has 2 aromatic rings. The molecule has 2 heterocycles. The first-order valence-corrected chi connectivity index (χ1v) is 8.77. The number of imidazole rings is 1. The lowest BCUT2D eigenvalue weighted by Crippen LogP contribution is -2.27. The lowest BCUT2D eigenvalue weighted by molar-refractivity contribution is -0.145. The topological polar surface area (TPSA) is 129 Å². The van der Waals surface area contributed by atoms with Crippen molar-refractivity contribution in [3.63, 3.8) is 0 Å². The van der Waals surface area contributed by atoms with Crippen LogP contribution in [-0.2, 0) is 39.6 Å². The van der Waals surface area contributed by atoms with Gasteiger partial charge in [0.25, 0.3) is 15.9 Å². The van der Waals surface area contributed by atoms with E-state index in [9.17, 15) is 13.2 Å². The van der Waals surface area contributed by atoms with Crippen molar-refractivity contribution in [3.05, 3.63) is 23.7 Å². The second kappa shape index (κ2) is 7.53. The summed E-state index contributed by atoms with van der Waals surface area (Å²) in [4.78, 5) is 19.5. The summed E-state index contributed by atoms with van der Waals surface area (Å²) in [6.07, 6.45) is 1.89. The number of nitrogens with one attached hydrogen (secondary N) is 1. The van der Waals surface area contributed by atoms with Crippen LogP contribution in [-0.4, -0.2) is 40.6 Å². The van der Waals surface area contributed by atoms with Crippen molar-refractivity contribution in [2.24, 2.45) is 7.05 Å². The van der Waals surface area contributed by atoms with Crippen molar-refractivity contribution in [2.45, 2.75) is 38.3 Å². The number of rotatable bonds is 8. The van der Waals surface area contributed by atoms with Gasteiger partial charge in [0.15, 0.2) is 17.5 Å². The maximum Gasteiger partial charge on any atom is 0.307 e. The molecular weight excluding hydrogens is 338 g/mol. The predicted octanol–water partition coefficient (Wildman–Crippen LogP) is 0.0857. The van der Waals surface area contributed by atoms with Crippen molar-refractivity contribution >= 4 is 16.0 Å². The molecule has 0 aliphatic rings. The van der Waals surface area contributed by atoms with Gasteiger partial charge in [0.1, 0.15) is 5.82 Å². The van der Waals surface area contributed by atoms with Crippen LogP contribution in [0.15, 0.2) is 15.7 Å². The monoisotopic (exact) mass is 357 g/mol. The number of aromatic nitrogens is 4. The van der Waals surface area contributed by atoms with Gasteiger partial charge in [-0.3, -0.25) is 4.79 Å². The van der Waals surface area contributed by atoms with Gasteiger partial charge in [0.05, 0.1) is 6.42 Å². The van der Waals surface area contributed by atoms with Crippen LogP contribution in [0.3, 0.4) is 0 Å². The highest BCUT2D eigenvalue weighted by atomic mass is 32.2. The molecule has 2 rings (SSSR count). The number of hydrogen-bond donors (Lipinski definition) is 1. The first-order chi connectivity index (χ1) is 11.3. The second-order valence-electron chi connectivity index (χ2n) is 5.00. The van der Waals surface area contributed by atoms with E-state index in [1.807, 2.05) is 6.92 Å². The SMILES string of the molecule is CCc1noc(COC(=O)CCNS(=O)(=O)c2cn(C)c(C)n2)n1. The highest BCUT2D eigenvalue weighted by molar-refractivity contribution is 7.89. The van der Waals surface area contributed by atoms with Gasteiger partial charge in [-0.1, -0.05) is 12.1 Å². The van der Waals surface area contributed by atoms with Crippen LogP contribution < -0.4 is 4.72 Å². The number of carbonyl (C=O) groups excluding carboxylic acids is 1. The van der Waals surface area contributed by atoms with Gasteiger partial charge in [-0.25, -0.2) is 18.1 Å². The van der Waals surface area contributed by atoms with Gasteiger partial charge in [-0.2, -0.15) is 4.98 Å². The molecule has 0 spiro atoms. The van der Waals surface area contributed by atoms with Crippen LogP contribution >= 0.6 is 0 Å². The Bertz CT molecular complexity index is 791. The van der Waals surface area contributed by atoms with E-state index in [2.05, 4.69) is 19.8 Å². The Hall–Kier alpha value is -2.27. The fraction of sp³-hybridized carbons (Fsp3) is 0.538. The zero-order valence-corrected chi connectivity index (χ0v) is 14.5. The van der Waals surface area contributed by atoms with Crippen LogP contribution in [0.4, 0.5) is 0 Å². The van der Waals surface area contributed by atoms with Gasteiger partial charge in [-0.05, 0) is 6.92 Å². The Morgan fingerprint density at radius 2 is 2.17 bits per heavy atom. The van der Waals surface area contributed by atoms with Crippen molar-refractivity contribution < 1.29 is 22.5 Å². The summed E-state index contributed by atoms with van der Waals surface area (Å²) in [6.45, 7) is 3.33. The van der Waals surface area contributed by atoms with Crippen LogP contribution in [0.1, 0.15) is 30.9 Å². The van der Waals surface area contributed by atoms with E-state index in [1.54, 1.807) is 18.5 Å². The molecule has 1 N–H and O–H groups in total. The average Bonchev–Trinajstić information content (AvgIpc) is 3.12. The maximum atomic E-state index is 12.0. The maximum absolute atomic E-state index is 12.0. The zero-order valence-electron chi connectivity index (χ0n) is 13.6. The molecule has 132 valence electrons. The van der Waals surface area contributed by atoms with Crippen LogP contribution in [0.25, 0.3) is 0 Å². The third-order valence-corrected chi connectivity index (χ3v) is 4.50. The van der Waals surface area contributed by atoms with Gasteiger partial charge in [-0.15, -0.1) is 0 Å². The Labute approximate surface area is 139 Å². The number of carbonyl (C=O) groups is 1. The molecule has 0 fully saturated rings. The largest absolute Gasteiger partial charge is 0.456 e. The van der Waals surface area contributed by atoms with Gasteiger partial charge < -0.3 is 13.8 Å². The molecule has 0 aliphatic carbocycles. The van der Waals surface area contributed by atoms with E-state index in [1.165, 1.54) is 6.20 Å². The van der Waals surface area contributed by atoms with Gasteiger partial charge in [0.2, 0.25) is 0 Å². The fourth-order valence-electron chi connectivity index (χ4n) is 1.72. The number of sulfonamides is 1. The Morgan fingerprint density at radius 3 is 2.75 bits per heavy atom. The third kappa shape index (κ3) is 4.61. The summed E-state index contributed by atoms with van der Waals surface area (Å²) >= 11 is 0. The number of hydrogen-bond acceptors (Lipinski definition) is 8. The zero-order chi connectivity index (χ0) is 17.7. The highest BCUT2D eigenvalue weighted by Crippen LogP contribution is 2.07. The first kappa shape index (κ1) is 18.1. The molecule has 0 radical (unpaired) electrons. The molecule has 0 aliphatic heterocycles. The Kier molecular flexibility index (Phi) is 5.67. The summed E-state index contributed by atoms with van der Waals surface area (Å²) in [5.74, 6) is 0.719. The van der Waals surface area contributed by atoms with Gasteiger partial charge in [0, 0.05) is 26.2 Å². The molecule has 11 heteroatoms. The standard InChI is InChI=1S/C13H19N5O5S/c1-4-10-16-11(23-17-10)8-22-13(19)5-6-14-24(20,21)12-7-18(3)9(2)15-12/h7,14H,4-6,8H2,1-3H3. The quantitative estimate of drug-likeness (QED) is 0.658. The van der Waals surface area contributed by atoms with Crippen molar-refractivity contribution in [3.8, 4) is 0 Å². The molecule has 0 saturated heterocycles. The number of esters is 1. The van der Waals surface area contributed by atoms with Crippen molar-refractivity contribution in [1.29, 1.82) is 0 Å². The van der Waals surface area contributed by atoms with Crippen molar-refractivity contribution in [2.75, 3.05) is 6.54 Å². The number of nitrogens with zero attached hydrogens (tertiary/aromatic N) is 4. The molecular formula is C13H19N5O5S. The van der Waals surface area contributed by atoms with E-state index < -0.39 is 16.0 Å². The summed E-state index contributed by atoms with van der Waals surface area (Å²) in [5, 5.41) is 3.58. The Balaban J connectivity index is 1.77. The van der Waals surface area contributed by atoms with Crippen molar-refractivity contribution in [1.82, 2.24) is 24.4 Å². The van der Waals surface area contributed by atoms with E-state index in [0.29, 0.717) is 18.1 Å². The highest BCUT2D eigenvalue weighted by Gasteiger charge is 2.18. The third-order valence-electron chi connectivity index (χ3n) is 3.17. The van der Waals surface area contributed by atoms with E-state index in [0.717, 1.165) is 0 Å². The number of aryl methyl sites for hydroxylation is 3. The summed E-state index contributed by atoms with van der Waals surface area (Å²) < 4.78 is 37.8. The minimum Gasteiger partial charge on any atom is -0.456 e. The molecule has 2 aromatic heterocycles. The molecule has 0 amide bonds. The normalized spacial score (nSPS) is 11.6. The smallest absolute Gasteiger partial charge is 0.307 e. The molecule has 10 nitrogen and oxygen atoms in total. The minimum atomic E-state index is -3.76. The summed E-state index contributed by atoms with van der Waals surface area (Å²) in [5.41, 5.74) is 0. The molecule has 24 heavy (non-hydrogen) atoms. The number of ether oxygens (including phenoxy) is 1. The Morgan fingerprint density at radius 1 is 1.42 bits per heavy atom. The molecule has 0 bridgehead atoms. The van der Waals surface area contributed by atoms with E-state index in [-0.39, 0.29) is 30.5 Å². The average molecular weight is 357 g/mol. The summed E-state index contributed by atoms with van der Waals surface area (Å²) in [6, 6.07) is 0. The van der Waals surface area contributed by atoms with E-state index in [4.69, 9.17) is 9.26 Å². The van der Waals surface area contributed by atoms with Crippen LogP contribution in [0.2, 0.25) is 0 Å². The van der Waals surface area contributed by atoms with Crippen LogP contribution in [0.5, 0.6) is 0 Å². The summed E-state index contributed by atoms with van der Waals surface area (Å²) in [7, 11) is -2.06. The first-order valence-electron chi connectivity index (χ1n) is 7.28. The second-order valence-corrected chi connectivity index (χ2v) is 6.72. The fourth-order valence-corrected chi connectivity index (χ4v) is 2.79. The molecule has 0 atom stereocenters. The minimum absolute atomic E-state index is 0.0891. The molecule has 0 aromatic carbocycles. The lowest BCUT2D eigenvalue weighted by atomic mass is 10.4. The van der Waals surface area contributed by atoms with Gasteiger partial charge >= 0.3 is 5.97 Å². The van der Waals surface area contributed by atoms with E-state index >= 15 is 0 Å².